The summed E-state index contributed by atoms with van der Waals surface area (Å²) >= 11 is 0. The fraction of sp³-hybridized carbons (Fsp3) is 0.444. The fourth-order valence-corrected chi connectivity index (χ4v) is 5.07. The Morgan fingerprint density at radius 3 is 2.39 bits per heavy atom. The number of anilines is 2. The largest absolute Gasteiger partial charge is 0.378 e. The Morgan fingerprint density at radius 2 is 1.74 bits per heavy atom. The van der Waals surface area contributed by atoms with Crippen molar-refractivity contribution in [2.45, 2.75) is 45.1 Å². The monoisotopic (exact) mass is 417 g/mol. The molecule has 0 bridgehead atoms. The zero-order valence-corrected chi connectivity index (χ0v) is 19.3. The molecular formula is C27H35N3O. The summed E-state index contributed by atoms with van der Waals surface area (Å²) in [7, 11) is 4.14. The zero-order chi connectivity index (χ0) is 22.0. The molecule has 0 radical (unpaired) electrons. The Kier molecular flexibility index (Phi) is 6.35. The normalized spacial score (nSPS) is 21.2. The highest BCUT2D eigenvalue weighted by molar-refractivity contribution is 5.95. The Bertz CT molecular complexity index is 941. The van der Waals surface area contributed by atoms with Gasteiger partial charge in [0.05, 0.1) is 6.04 Å². The molecule has 0 spiro atoms. The second-order valence-corrected chi connectivity index (χ2v) is 9.06. The summed E-state index contributed by atoms with van der Waals surface area (Å²) in [5.74, 6) is 0.991. The number of hydrogen-bond acceptors (Lipinski definition) is 3. The highest BCUT2D eigenvalue weighted by Gasteiger charge is 2.38. The lowest BCUT2D eigenvalue weighted by Crippen LogP contribution is -2.33. The predicted octanol–water partition coefficient (Wildman–Crippen LogP) is 5.84. The van der Waals surface area contributed by atoms with E-state index in [1.165, 1.54) is 16.8 Å². The molecule has 1 aliphatic carbocycles. The quantitative estimate of drug-likeness (QED) is 0.575. The maximum atomic E-state index is 13.2. The smallest absolute Gasteiger partial charge is 0.253 e. The van der Waals surface area contributed by atoms with Gasteiger partial charge in [-0.05, 0) is 66.6 Å². The molecule has 0 fully saturated rings. The van der Waals surface area contributed by atoms with E-state index in [2.05, 4.69) is 86.7 Å². The molecule has 0 saturated heterocycles. The summed E-state index contributed by atoms with van der Waals surface area (Å²) < 4.78 is 0. The molecule has 2 aromatic rings. The van der Waals surface area contributed by atoms with Crippen molar-refractivity contribution < 1.29 is 4.79 Å². The number of nitrogens with one attached hydrogen (secondary N) is 1. The molecule has 1 heterocycles. The van der Waals surface area contributed by atoms with Gasteiger partial charge in [0.25, 0.3) is 5.91 Å². The van der Waals surface area contributed by atoms with Crippen LogP contribution in [-0.4, -0.2) is 38.0 Å². The van der Waals surface area contributed by atoms with Crippen molar-refractivity contribution in [3.8, 4) is 0 Å². The number of nitrogens with zero attached hydrogens (tertiary/aromatic N) is 2. The molecule has 3 unspecified atom stereocenters. The van der Waals surface area contributed by atoms with Crippen LogP contribution in [0.2, 0.25) is 0 Å². The Hall–Kier alpha value is -2.75. The van der Waals surface area contributed by atoms with Gasteiger partial charge in [-0.25, -0.2) is 0 Å². The number of fused-ring (bicyclic) bond motifs is 3. The lowest BCUT2D eigenvalue weighted by Gasteiger charge is -2.38. The van der Waals surface area contributed by atoms with Gasteiger partial charge in [-0.3, -0.25) is 4.79 Å². The predicted molar refractivity (Wildman–Crippen MR) is 130 cm³/mol. The Morgan fingerprint density at radius 1 is 1.03 bits per heavy atom. The van der Waals surface area contributed by atoms with Crippen LogP contribution in [0, 0.1) is 5.92 Å². The number of hydrogen-bond donors (Lipinski definition) is 1. The summed E-state index contributed by atoms with van der Waals surface area (Å²) in [6.45, 7) is 5.90. The van der Waals surface area contributed by atoms with Gasteiger partial charge in [0, 0.05) is 50.0 Å². The molecule has 4 heteroatoms. The average molecular weight is 418 g/mol. The summed E-state index contributed by atoms with van der Waals surface area (Å²) in [6.07, 6.45) is 7.69. The lowest BCUT2D eigenvalue weighted by atomic mass is 9.76. The molecule has 1 N–H and O–H groups in total. The topological polar surface area (TPSA) is 35.6 Å². The average Bonchev–Trinajstić information content (AvgIpc) is 3.28. The van der Waals surface area contributed by atoms with Crippen LogP contribution in [0.1, 0.15) is 66.6 Å². The van der Waals surface area contributed by atoms with E-state index in [4.69, 9.17) is 0 Å². The molecular weight excluding hydrogens is 382 g/mol. The second kappa shape index (κ2) is 9.17. The molecule has 4 nitrogen and oxygen atoms in total. The van der Waals surface area contributed by atoms with Crippen molar-refractivity contribution in [1.82, 2.24) is 4.90 Å². The number of rotatable bonds is 7. The highest BCUT2D eigenvalue weighted by Crippen LogP contribution is 2.50. The fourth-order valence-electron chi connectivity index (χ4n) is 5.07. The van der Waals surface area contributed by atoms with Crippen LogP contribution < -0.4 is 10.2 Å². The van der Waals surface area contributed by atoms with Crippen LogP contribution >= 0.6 is 0 Å². The Balaban J connectivity index is 1.63. The van der Waals surface area contributed by atoms with Crippen LogP contribution in [-0.2, 0) is 0 Å². The van der Waals surface area contributed by atoms with E-state index >= 15 is 0 Å². The lowest BCUT2D eigenvalue weighted by molar-refractivity contribution is 0.0755. The first kappa shape index (κ1) is 21.5. The van der Waals surface area contributed by atoms with E-state index in [1.807, 2.05) is 11.0 Å². The van der Waals surface area contributed by atoms with Gasteiger partial charge in [-0.15, -0.1) is 0 Å². The van der Waals surface area contributed by atoms with Crippen molar-refractivity contribution in [1.29, 1.82) is 0 Å². The van der Waals surface area contributed by atoms with E-state index < -0.39 is 0 Å². The SMILES string of the molecule is CCCN(CCC)C(=O)c1ccc2c(c1)C1C=CCC1C(c1ccc(N(C)C)cc1)N2. The van der Waals surface area contributed by atoms with Crippen molar-refractivity contribution in [3.63, 3.8) is 0 Å². The maximum Gasteiger partial charge on any atom is 0.253 e. The van der Waals surface area contributed by atoms with Crippen LogP contribution in [0.25, 0.3) is 0 Å². The Labute approximate surface area is 186 Å². The number of carbonyl (C=O) groups excluding carboxylic acids is 1. The minimum atomic E-state index is 0.159. The molecule has 2 aliphatic rings. The van der Waals surface area contributed by atoms with Crippen molar-refractivity contribution in [3.05, 3.63) is 71.3 Å². The molecule has 0 aromatic heterocycles. The van der Waals surface area contributed by atoms with Gasteiger partial charge in [0.2, 0.25) is 0 Å². The number of allylic oxidation sites excluding steroid dienone is 2. The minimum absolute atomic E-state index is 0.159. The summed E-state index contributed by atoms with van der Waals surface area (Å²) in [5, 5.41) is 3.80. The number of carbonyl (C=O) groups is 1. The van der Waals surface area contributed by atoms with Gasteiger partial charge in [0.15, 0.2) is 0 Å². The third kappa shape index (κ3) is 4.21. The first-order valence-electron chi connectivity index (χ1n) is 11.7. The molecule has 1 aliphatic heterocycles. The standard InChI is InChI=1S/C27H35N3O/c1-5-16-30(17-6-2)27(31)20-12-15-25-24(18-20)22-8-7-9-23(22)26(28-25)19-10-13-21(14-11-19)29(3)4/h7-8,10-15,18,22-23,26,28H,5-6,9,16-17H2,1-4H3. The second-order valence-electron chi connectivity index (χ2n) is 9.06. The van der Waals surface area contributed by atoms with Crippen molar-refractivity contribution >= 4 is 17.3 Å². The van der Waals surface area contributed by atoms with Crippen LogP contribution in [0.3, 0.4) is 0 Å². The van der Waals surface area contributed by atoms with E-state index in [0.29, 0.717) is 11.8 Å². The summed E-state index contributed by atoms with van der Waals surface area (Å²) in [5.41, 5.74) is 5.78. The molecule has 1 amide bonds. The number of amides is 1. The first-order valence-corrected chi connectivity index (χ1v) is 11.7. The van der Waals surface area contributed by atoms with Crippen molar-refractivity contribution in [2.75, 3.05) is 37.4 Å². The van der Waals surface area contributed by atoms with Gasteiger partial charge in [-0.2, -0.15) is 0 Å². The number of benzene rings is 2. The summed E-state index contributed by atoms with van der Waals surface area (Å²) in [6, 6.07) is 15.4. The van der Waals surface area contributed by atoms with Crippen LogP contribution in [0.4, 0.5) is 11.4 Å². The highest BCUT2D eigenvalue weighted by atomic mass is 16.2. The molecule has 31 heavy (non-hydrogen) atoms. The van der Waals surface area contributed by atoms with E-state index in [0.717, 1.165) is 43.6 Å². The molecule has 2 aromatic carbocycles. The third-order valence-corrected chi connectivity index (χ3v) is 6.65. The van der Waals surface area contributed by atoms with Gasteiger partial charge in [-0.1, -0.05) is 38.1 Å². The van der Waals surface area contributed by atoms with Crippen LogP contribution in [0.15, 0.2) is 54.6 Å². The van der Waals surface area contributed by atoms with Gasteiger partial charge in [0.1, 0.15) is 0 Å². The van der Waals surface area contributed by atoms with E-state index in [1.54, 1.807) is 0 Å². The third-order valence-electron chi connectivity index (χ3n) is 6.65. The van der Waals surface area contributed by atoms with Crippen molar-refractivity contribution in [2.24, 2.45) is 5.92 Å². The zero-order valence-electron chi connectivity index (χ0n) is 19.3. The van der Waals surface area contributed by atoms with Gasteiger partial charge >= 0.3 is 0 Å². The molecule has 3 atom stereocenters. The minimum Gasteiger partial charge on any atom is -0.378 e. The summed E-state index contributed by atoms with van der Waals surface area (Å²) in [4.78, 5) is 17.3. The molecule has 0 saturated carbocycles. The first-order chi connectivity index (χ1) is 15.0. The molecule has 4 rings (SSSR count). The van der Waals surface area contributed by atoms with E-state index in [-0.39, 0.29) is 11.9 Å². The van der Waals surface area contributed by atoms with Crippen LogP contribution in [0.5, 0.6) is 0 Å². The maximum absolute atomic E-state index is 13.2. The van der Waals surface area contributed by atoms with Gasteiger partial charge < -0.3 is 15.1 Å². The van der Waals surface area contributed by atoms with E-state index in [9.17, 15) is 4.79 Å². The molecule has 164 valence electrons.